The van der Waals surface area contributed by atoms with Crippen LogP contribution in [0.25, 0.3) is 0 Å². The number of hydrogen-bond donors (Lipinski definition) is 0. The van der Waals surface area contributed by atoms with Crippen molar-refractivity contribution < 1.29 is 9.47 Å². The summed E-state index contributed by atoms with van der Waals surface area (Å²) in [7, 11) is 1.69. The van der Waals surface area contributed by atoms with Crippen molar-refractivity contribution in [1.82, 2.24) is 4.90 Å². The molecule has 0 saturated carbocycles. The van der Waals surface area contributed by atoms with Gasteiger partial charge >= 0.3 is 0 Å². The van der Waals surface area contributed by atoms with Gasteiger partial charge in [0, 0.05) is 24.4 Å². The van der Waals surface area contributed by atoms with Gasteiger partial charge in [0.05, 0.1) is 13.7 Å². The number of benzene rings is 1. The summed E-state index contributed by atoms with van der Waals surface area (Å²) in [4.78, 5) is 2.42. The van der Waals surface area contributed by atoms with E-state index < -0.39 is 0 Å². The fraction of sp³-hybridized carbons (Fsp3) is 0.500. The standard InChI is InChI=1S/C12H15NO2S/c1-14-11-4-2-10(3-5-11)12-13(6-8-15-12)7-9-16-12/h2-5H,6-9H2,1H3. The normalized spacial score (nSPS) is 29.3. The molecule has 1 unspecified atom stereocenters. The molecule has 0 amide bonds. The van der Waals surface area contributed by atoms with Crippen molar-refractivity contribution in [2.45, 2.75) is 5.06 Å². The number of ether oxygens (including phenoxy) is 2. The fourth-order valence-corrected chi connectivity index (χ4v) is 3.79. The van der Waals surface area contributed by atoms with E-state index in [9.17, 15) is 0 Å². The Hall–Kier alpha value is -0.710. The molecule has 3 nitrogen and oxygen atoms in total. The Morgan fingerprint density at radius 1 is 1.31 bits per heavy atom. The molecule has 2 aliphatic heterocycles. The first-order valence-corrected chi connectivity index (χ1v) is 6.51. The third-order valence-electron chi connectivity index (χ3n) is 3.19. The van der Waals surface area contributed by atoms with Crippen molar-refractivity contribution in [3.63, 3.8) is 0 Å². The van der Waals surface area contributed by atoms with Gasteiger partial charge in [-0.1, -0.05) is 12.1 Å². The highest BCUT2D eigenvalue weighted by Crippen LogP contribution is 2.48. The average Bonchev–Trinajstić information content (AvgIpc) is 2.88. The Kier molecular flexibility index (Phi) is 2.58. The van der Waals surface area contributed by atoms with Gasteiger partial charge in [0.15, 0.2) is 5.06 Å². The first-order chi connectivity index (χ1) is 7.85. The molecular weight excluding hydrogens is 222 g/mol. The van der Waals surface area contributed by atoms with Crippen LogP contribution in [0.3, 0.4) is 0 Å². The van der Waals surface area contributed by atoms with Crippen LogP contribution in [-0.4, -0.2) is 37.5 Å². The zero-order valence-electron chi connectivity index (χ0n) is 9.31. The maximum absolute atomic E-state index is 5.97. The van der Waals surface area contributed by atoms with E-state index in [-0.39, 0.29) is 5.06 Å². The number of thioether (sulfide) groups is 1. The Balaban J connectivity index is 1.95. The summed E-state index contributed by atoms with van der Waals surface area (Å²) in [6, 6.07) is 8.22. The van der Waals surface area contributed by atoms with E-state index in [1.54, 1.807) is 7.11 Å². The van der Waals surface area contributed by atoms with Gasteiger partial charge in [-0.15, -0.1) is 11.8 Å². The molecule has 1 aromatic rings. The molecule has 1 aromatic carbocycles. The molecule has 1 atom stereocenters. The van der Waals surface area contributed by atoms with E-state index in [0.717, 1.165) is 31.2 Å². The molecule has 3 rings (SSSR count). The third kappa shape index (κ3) is 1.44. The van der Waals surface area contributed by atoms with Crippen molar-refractivity contribution in [2.24, 2.45) is 0 Å². The zero-order chi connectivity index (χ0) is 11.0. The summed E-state index contributed by atoms with van der Waals surface area (Å²) in [5.74, 6) is 2.04. The zero-order valence-corrected chi connectivity index (χ0v) is 10.1. The smallest absolute Gasteiger partial charge is 0.196 e. The van der Waals surface area contributed by atoms with Crippen LogP contribution in [0.5, 0.6) is 5.75 Å². The van der Waals surface area contributed by atoms with E-state index in [4.69, 9.17) is 9.47 Å². The average molecular weight is 237 g/mol. The molecule has 0 spiro atoms. The number of rotatable bonds is 2. The molecule has 0 N–H and O–H groups in total. The van der Waals surface area contributed by atoms with Gasteiger partial charge in [-0.05, 0) is 12.1 Å². The third-order valence-corrected chi connectivity index (χ3v) is 4.58. The van der Waals surface area contributed by atoms with Crippen molar-refractivity contribution in [1.29, 1.82) is 0 Å². The molecule has 4 heteroatoms. The van der Waals surface area contributed by atoms with Crippen LogP contribution >= 0.6 is 11.8 Å². The Morgan fingerprint density at radius 2 is 2.12 bits per heavy atom. The van der Waals surface area contributed by atoms with Gasteiger partial charge in [0.1, 0.15) is 5.75 Å². The molecule has 0 bridgehead atoms. The van der Waals surface area contributed by atoms with E-state index in [1.807, 2.05) is 23.9 Å². The molecule has 2 heterocycles. The molecular formula is C12H15NO2S. The second-order valence-corrected chi connectivity index (χ2v) is 5.24. The summed E-state index contributed by atoms with van der Waals surface area (Å²) in [6.45, 7) is 2.99. The highest BCUT2D eigenvalue weighted by atomic mass is 32.2. The summed E-state index contributed by atoms with van der Waals surface area (Å²) < 4.78 is 11.2. The molecule has 2 aliphatic rings. The summed E-state index contributed by atoms with van der Waals surface area (Å²) in [5.41, 5.74) is 1.23. The maximum atomic E-state index is 5.97. The van der Waals surface area contributed by atoms with E-state index in [0.29, 0.717) is 0 Å². The molecule has 0 aromatic heterocycles. The minimum absolute atomic E-state index is 0.216. The topological polar surface area (TPSA) is 21.7 Å². The first kappa shape index (κ1) is 10.4. The molecule has 86 valence electrons. The Morgan fingerprint density at radius 3 is 2.88 bits per heavy atom. The van der Waals surface area contributed by atoms with Crippen molar-refractivity contribution in [3.05, 3.63) is 29.8 Å². The van der Waals surface area contributed by atoms with Gasteiger partial charge in [-0.3, -0.25) is 4.90 Å². The predicted molar refractivity (Wildman–Crippen MR) is 64.7 cm³/mol. The molecule has 2 fully saturated rings. The lowest BCUT2D eigenvalue weighted by atomic mass is 10.1. The second-order valence-electron chi connectivity index (χ2n) is 3.99. The molecule has 0 aliphatic carbocycles. The van der Waals surface area contributed by atoms with Crippen LogP contribution in [0.2, 0.25) is 0 Å². The van der Waals surface area contributed by atoms with Gasteiger partial charge in [0.2, 0.25) is 0 Å². The van der Waals surface area contributed by atoms with Crippen LogP contribution < -0.4 is 4.74 Å². The monoisotopic (exact) mass is 237 g/mol. The minimum Gasteiger partial charge on any atom is -0.497 e. The molecule has 2 saturated heterocycles. The van der Waals surface area contributed by atoms with Gasteiger partial charge in [-0.25, -0.2) is 0 Å². The van der Waals surface area contributed by atoms with Crippen molar-refractivity contribution in [2.75, 3.05) is 32.6 Å². The van der Waals surface area contributed by atoms with Crippen LogP contribution in [0.1, 0.15) is 5.56 Å². The number of hydrogen-bond acceptors (Lipinski definition) is 4. The van der Waals surface area contributed by atoms with Crippen LogP contribution in [-0.2, 0) is 9.79 Å². The maximum Gasteiger partial charge on any atom is 0.196 e. The lowest BCUT2D eigenvalue weighted by Crippen LogP contribution is -2.34. The highest BCUT2D eigenvalue weighted by molar-refractivity contribution is 8.00. The molecule has 0 radical (unpaired) electrons. The summed E-state index contributed by atoms with van der Waals surface area (Å²) >= 11 is 1.89. The van der Waals surface area contributed by atoms with E-state index >= 15 is 0 Å². The minimum atomic E-state index is -0.216. The number of nitrogens with zero attached hydrogens (tertiary/aromatic N) is 1. The largest absolute Gasteiger partial charge is 0.497 e. The Labute approximate surface area is 99.7 Å². The highest BCUT2D eigenvalue weighted by Gasteiger charge is 2.48. The van der Waals surface area contributed by atoms with Crippen LogP contribution in [0.15, 0.2) is 24.3 Å². The van der Waals surface area contributed by atoms with Gasteiger partial charge in [-0.2, -0.15) is 0 Å². The van der Waals surface area contributed by atoms with Gasteiger partial charge < -0.3 is 9.47 Å². The second kappa shape index (κ2) is 3.95. The van der Waals surface area contributed by atoms with Crippen LogP contribution in [0.4, 0.5) is 0 Å². The SMILES string of the molecule is COc1ccc(C23OCCN2CCS3)cc1. The number of methoxy groups -OCH3 is 1. The molecule has 16 heavy (non-hydrogen) atoms. The fourth-order valence-electron chi connectivity index (χ4n) is 2.37. The van der Waals surface area contributed by atoms with Crippen molar-refractivity contribution in [3.8, 4) is 5.75 Å². The first-order valence-electron chi connectivity index (χ1n) is 5.53. The van der Waals surface area contributed by atoms with E-state index in [2.05, 4.69) is 17.0 Å². The number of fused-ring (bicyclic) bond motifs is 1. The Bertz CT molecular complexity index is 369. The van der Waals surface area contributed by atoms with E-state index in [1.165, 1.54) is 5.56 Å². The van der Waals surface area contributed by atoms with Gasteiger partial charge in [0.25, 0.3) is 0 Å². The lowest BCUT2D eigenvalue weighted by Gasteiger charge is -2.29. The quantitative estimate of drug-likeness (QED) is 0.783. The summed E-state index contributed by atoms with van der Waals surface area (Å²) in [5, 5.41) is -0.216. The van der Waals surface area contributed by atoms with Crippen molar-refractivity contribution >= 4 is 11.8 Å². The lowest BCUT2D eigenvalue weighted by molar-refractivity contribution is 0.00804. The summed E-state index contributed by atoms with van der Waals surface area (Å²) in [6.07, 6.45) is 0. The van der Waals surface area contributed by atoms with Crippen LogP contribution in [0, 0.1) is 0 Å². The predicted octanol–water partition coefficient (Wildman–Crippen LogP) is 1.88.